The molecule has 0 fully saturated rings. The molecular weight excluding hydrogens is 302 g/mol. The van der Waals surface area contributed by atoms with Gasteiger partial charge in [-0.2, -0.15) is 0 Å². The number of halogens is 2. The van der Waals surface area contributed by atoms with Crippen molar-refractivity contribution in [2.75, 3.05) is 17.3 Å². The number of rotatable bonds is 3. The van der Waals surface area contributed by atoms with Crippen molar-refractivity contribution in [2.45, 2.75) is 5.16 Å². The Kier molecular flexibility index (Phi) is 4.22. The Bertz CT molecular complexity index is 763. The van der Waals surface area contributed by atoms with Gasteiger partial charge in [0.2, 0.25) is 0 Å². The summed E-state index contributed by atoms with van der Waals surface area (Å²) in [4.78, 5) is 29.9. The van der Waals surface area contributed by atoms with E-state index in [2.05, 4.69) is 15.3 Å². The van der Waals surface area contributed by atoms with Crippen LogP contribution in [-0.2, 0) is 0 Å². The minimum atomic E-state index is -1.17. The van der Waals surface area contributed by atoms with Gasteiger partial charge in [0.25, 0.3) is 11.5 Å². The lowest BCUT2D eigenvalue weighted by atomic mass is 10.2. The molecule has 0 aliphatic heterocycles. The second-order valence-electron chi connectivity index (χ2n) is 3.92. The molecule has 1 heterocycles. The molecule has 1 amide bonds. The third-order valence-corrected chi connectivity index (χ3v) is 3.12. The van der Waals surface area contributed by atoms with E-state index in [0.29, 0.717) is 5.16 Å². The van der Waals surface area contributed by atoms with E-state index in [0.717, 1.165) is 18.2 Å². The van der Waals surface area contributed by atoms with Crippen LogP contribution in [-0.4, -0.2) is 22.1 Å². The summed E-state index contributed by atoms with van der Waals surface area (Å²) in [5.41, 5.74) is 4.55. The molecule has 2 rings (SSSR count). The van der Waals surface area contributed by atoms with Crippen molar-refractivity contribution in [3.63, 3.8) is 0 Å². The number of anilines is 2. The number of carbonyl (C=O) groups excluding carboxylic acids is 1. The fourth-order valence-electron chi connectivity index (χ4n) is 1.51. The first-order chi connectivity index (χ1) is 9.92. The van der Waals surface area contributed by atoms with E-state index < -0.39 is 23.1 Å². The highest BCUT2D eigenvalue weighted by atomic mass is 32.2. The Hall–Kier alpha value is -2.42. The molecule has 4 N–H and O–H groups in total. The number of amides is 1. The van der Waals surface area contributed by atoms with Gasteiger partial charge in [0.1, 0.15) is 5.69 Å². The van der Waals surface area contributed by atoms with Crippen LogP contribution >= 0.6 is 11.8 Å². The van der Waals surface area contributed by atoms with Crippen LogP contribution in [0.3, 0.4) is 0 Å². The molecule has 0 saturated carbocycles. The fraction of sp³-hybridized carbons (Fsp3) is 0.0833. The molecule has 0 radical (unpaired) electrons. The van der Waals surface area contributed by atoms with E-state index in [1.165, 1.54) is 11.8 Å². The number of H-pyrrole nitrogens is 1. The van der Waals surface area contributed by atoms with Crippen molar-refractivity contribution in [1.82, 2.24) is 9.97 Å². The number of nitrogen functional groups attached to an aromatic ring is 1. The molecule has 0 aliphatic carbocycles. The van der Waals surface area contributed by atoms with E-state index in [4.69, 9.17) is 5.73 Å². The van der Waals surface area contributed by atoms with Gasteiger partial charge in [0, 0.05) is 5.56 Å². The van der Waals surface area contributed by atoms with E-state index in [1.807, 2.05) is 0 Å². The quantitative estimate of drug-likeness (QED) is 0.590. The summed E-state index contributed by atoms with van der Waals surface area (Å²) in [6, 6.07) is 2.62. The van der Waals surface area contributed by atoms with Crippen LogP contribution in [0.2, 0.25) is 0 Å². The molecule has 2 aromatic rings. The van der Waals surface area contributed by atoms with E-state index >= 15 is 0 Å². The first kappa shape index (κ1) is 15.0. The zero-order valence-electron chi connectivity index (χ0n) is 10.7. The Morgan fingerprint density at radius 3 is 2.67 bits per heavy atom. The molecule has 6 nitrogen and oxygen atoms in total. The van der Waals surface area contributed by atoms with Crippen molar-refractivity contribution in [3.05, 3.63) is 45.8 Å². The monoisotopic (exact) mass is 312 g/mol. The highest BCUT2D eigenvalue weighted by Gasteiger charge is 2.15. The summed E-state index contributed by atoms with van der Waals surface area (Å²) >= 11 is 1.17. The van der Waals surface area contributed by atoms with Crippen molar-refractivity contribution < 1.29 is 13.6 Å². The SMILES string of the molecule is CSc1nc(N)c(NC(=O)c2ccc(F)c(F)c2)c(=O)[nH]1. The number of nitrogens with two attached hydrogens (primary N) is 1. The first-order valence-corrected chi connectivity index (χ1v) is 6.85. The Morgan fingerprint density at radius 2 is 2.10 bits per heavy atom. The number of nitrogens with one attached hydrogen (secondary N) is 2. The molecule has 1 aromatic carbocycles. The Balaban J connectivity index is 2.31. The van der Waals surface area contributed by atoms with Gasteiger partial charge in [-0.3, -0.25) is 14.6 Å². The molecule has 110 valence electrons. The number of hydrogen-bond donors (Lipinski definition) is 3. The predicted octanol–water partition coefficient (Wildman–Crippen LogP) is 1.60. The minimum Gasteiger partial charge on any atom is -0.382 e. The average molecular weight is 312 g/mol. The average Bonchev–Trinajstić information content (AvgIpc) is 2.45. The first-order valence-electron chi connectivity index (χ1n) is 5.62. The van der Waals surface area contributed by atoms with Gasteiger partial charge in [0.15, 0.2) is 22.6 Å². The number of aromatic nitrogens is 2. The minimum absolute atomic E-state index is 0.151. The number of carbonyl (C=O) groups is 1. The fourth-order valence-corrected chi connectivity index (χ4v) is 1.89. The Labute approximate surface area is 121 Å². The molecule has 0 unspecified atom stereocenters. The van der Waals surface area contributed by atoms with Crippen LogP contribution in [0.1, 0.15) is 10.4 Å². The molecule has 1 aromatic heterocycles. The number of benzene rings is 1. The summed E-state index contributed by atoms with van der Waals surface area (Å²) in [6.07, 6.45) is 1.69. The van der Waals surface area contributed by atoms with Crippen LogP contribution in [0.5, 0.6) is 0 Å². The third kappa shape index (κ3) is 3.19. The maximum absolute atomic E-state index is 13.1. The summed E-state index contributed by atoms with van der Waals surface area (Å²) < 4.78 is 25.9. The van der Waals surface area contributed by atoms with Crippen LogP contribution < -0.4 is 16.6 Å². The molecule has 0 spiro atoms. The van der Waals surface area contributed by atoms with Crippen LogP contribution in [0.4, 0.5) is 20.3 Å². The van der Waals surface area contributed by atoms with Gasteiger partial charge in [-0.25, -0.2) is 13.8 Å². The van der Waals surface area contributed by atoms with Gasteiger partial charge < -0.3 is 11.1 Å². The van der Waals surface area contributed by atoms with Crippen molar-refractivity contribution in [2.24, 2.45) is 0 Å². The largest absolute Gasteiger partial charge is 0.382 e. The smallest absolute Gasteiger partial charge is 0.277 e. The summed E-state index contributed by atoms with van der Waals surface area (Å²) in [7, 11) is 0. The normalized spacial score (nSPS) is 10.4. The van der Waals surface area contributed by atoms with E-state index in [-0.39, 0.29) is 17.1 Å². The van der Waals surface area contributed by atoms with Crippen molar-refractivity contribution in [1.29, 1.82) is 0 Å². The van der Waals surface area contributed by atoms with Crippen molar-refractivity contribution in [3.8, 4) is 0 Å². The Morgan fingerprint density at radius 1 is 1.38 bits per heavy atom. The van der Waals surface area contributed by atoms with Gasteiger partial charge in [-0.05, 0) is 24.5 Å². The summed E-state index contributed by atoms with van der Waals surface area (Å²) in [6.45, 7) is 0. The van der Waals surface area contributed by atoms with Gasteiger partial charge in [0.05, 0.1) is 0 Å². The van der Waals surface area contributed by atoms with Crippen molar-refractivity contribution >= 4 is 29.2 Å². The predicted molar refractivity (Wildman–Crippen MR) is 75.4 cm³/mol. The van der Waals surface area contributed by atoms with E-state index in [9.17, 15) is 18.4 Å². The number of hydrogen-bond acceptors (Lipinski definition) is 5. The highest BCUT2D eigenvalue weighted by Crippen LogP contribution is 2.16. The van der Waals surface area contributed by atoms with Crippen LogP contribution in [0.25, 0.3) is 0 Å². The zero-order chi connectivity index (χ0) is 15.6. The molecule has 0 saturated heterocycles. The molecule has 21 heavy (non-hydrogen) atoms. The lowest BCUT2D eigenvalue weighted by molar-refractivity contribution is 0.102. The molecular formula is C12H10F2N4O2S. The topological polar surface area (TPSA) is 101 Å². The van der Waals surface area contributed by atoms with E-state index in [1.54, 1.807) is 6.26 Å². The third-order valence-electron chi connectivity index (χ3n) is 2.54. The maximum atomic E-state index is 13.1. The maximum Gasteiger partial charge on any atom is 0.277 e. The molecule has 0 atom stereocenters. The lowest BCUT2D eigenvalue weighted by Crippen LogP contribution is -2.23. The van der Waals surface area contributed by atoms with Crippen LogP contribution in [0, 0.1) is 11.6 Å². The summed E-state index contributed by atoms with van der Waals surface area (Å²) in [5, 5.41) is 2.52. The van der Waals surface area contributed by atoms with Gasteiger partial charge in [-0.1, -0.05) is 11.8 Å². The van der Waals surface area contributed by atoms with Crippen LogP contribution in [0.15, 0.2) is 28.2 Å². The van der Waals surface area contributed by atoms with Gasteiger partial charge in [-0.15, -0.1) is 0 Å². The molecule has 0 aliphatic rings. The molecule has 0 bridgehead atoms. The zero-order valence-corrected chi connectivity index (χ0v) is 11.6. The number of aromatic amines is 1. The standard InChI is InChI=1S/C12H10F2N4O2S/c1-21-12-17-9(15)8(11(20)18-12)16-10(19)5-2-3-6(13)7(14)4-5/h2-4H,1H3,(H,16,19)(H3,15,17,18,20). The second-order valence-corrected chi connectivity index (χ2v) is 4.71. The number of thioether (sulfide) groups is 1. The molecule has 9 heteroatoms. The second kappa shape index (κ2) is 5.92. The van der Waals surface area contributed by atoms with Gasteiger partial charge >= 0.3 is 0 Å². The number of nitrogens with zero attached hydrogens (tertiary/aromatic N) is 1. The summed E-state index contributed by atoms with van der Waals surface area (Å²) in [5.74, 6) is -3.21. The highest BCUT2D eigenvalue weighted by molar-refractivity contribution is 7.98. The lowest BCUT2D eigenvalue weighted by Gasteiger charge is -2.07.